The van der Waals surface area contributed by atoms with Crippen LogP contribution >= 0.6 is 27.7 Å². The number of nitrogens with one attached hydrogen (secondary N) is 1. The van der Waals surface area contributed by atoms with E-state index in [0.29, 0.717) is 17.7 Å². The van der Waals surface area contributed by atoms with Crippen LogP contribution in [-0.2, 0) is 10.5 Å². The minimum absolute atomic E-state index is 0.144. The third kappa shape index (κ3) is 4.35. The molecule has 2 aliphatic rings. The van der Waals surface area contributed by atoms with Crippen molar-refractivity contribution in [3.05, 3.63) is 22.2 Å². The highest BCUT2D eigenvalue weighted by atomic mass is 79.9. The fourth-order valence-corrected chi connectivity index (χ4v) is 4.58. The van der Waals surface area contributed by atoms with Gasteiger partial charge in [-0.25, -0.2) is 0 Å². The molecule has 1 N–H and O–H groups in total. The van der Waals surface area contributed by atoms with Crippen molar-refractivity contribution in [3.8, 4) is 11.5 Å². The van der Waals surface area contributed by atoms with Crippen LogP contribution in [-0.4, -0.2) is 24.5 Å². The fraction of sp³-hybridized carbons (Fsp3) is 0.588. The van der Waals surface area contributed by atoms with E-state index >= 15 is 0 Å². The second kappa shape index (κ2) is 7.79. The molecule has 0 spiro atoms. The summed E-state index contributed by atoms with van der Waals surface area (Å²) in [5, 5.41) is 3.19. The van der Waals surface area contributed by atoms with Gasteiger partial charge in [0.05, 0.1) is 5.75 Å². The van der Waals surface area contributed by atoms with Crippen molar-refractivity contribution in [2.24, 2.45) is 5.92 Å². The predicted molar refractivity (Wildman–Crippen MR) is 96.0 cm³/mol. The van der Waals surface area contributed by atoms with Crippen molar-refractivity contribution in [2.45, 2.75) is 44.4 Å². The summed E-state index contributed by atoms with van der Waals surface area (Å²) in [5.41, 5.74) is 1.12. The molecule has 0 aromatic heterocycles. The second-order valence-corrected chi connectivity index (χ2v) is 8.07. The van der Waals surface area contributed by atoms with Crippen molar-refractivity contribution in [2.75, 3.05) is 12.5 Å². The number of carbonyl (C=O) groups excluding carboxylic acids is 1. The molecule has 0 radical (unpaired) electrons. The number of amides is 1. The Kier molecular flexibility index (Phi) is 5.75. The summed E-state index contributed by atoms with van der Waals surface area (Å²) >= 11 is 5.18. The third-order valence-electron chi connectivity index (χ3n) is 4.49. The number of fused-ring (bicyclic) bond motifs is 1. The minimum Gasteiger partial charge on any atom is -0.454 e. The van der Waals surface area contributed by atoms with Crippen molar-refractivity contribution < 1.29 is 14.3 Å². The molecule has 1 fully saturated rings. The van der Waals surface area contributed by atoms with Gasteiger partial charge < -0.3 is 14.8 Å². The van der Waals surface area contributed by atoms with E-state index in [1.54, 1.807) is 11.8 Å². The average Bonchev–Trinajstić information content (AvgIpc) is 2.97. The van der Waals surface area contributed by atoms with Crippen LogP contribution < -0.4 is 14.8 Å². The molecule has 0 saturated heterocycles. The van der Waals surface area contributed by atoms with E-state index in [9.17, 15) is 4.79 Å². The van der Waals surface area contributed by atoms with Crippen LogP contribution in [0.1, 0.15) is 38.2 Å². The Balaban J connectivity index is 1.47. The van der Waals surface area contributed by atoms with E-state index < -0.39 is 0 Å². The Morgan fingerprint density at radius 3 is 2.83 bits per heavy atom. The lowest BCUT2D eigenvalue weighted by Crippen LogP contribution is -2.41. The lowest BCUT2D eigenvalue weighted by atomic mass is 9.86. The van der Waals surface area contributed by atoms with Gasteiger partial charge in [0, 0.05) is 16.3 Å². The largest absolute Gasteiger partial charge is 0.454 e. The molecule has 3 rings (SSSR count). The number of hydrogen-bond donors (Lipinski definition) is 1. The molecular formula is C17H22BrNO3S. The van der Waals surface area contributed by atoms with Crippen molar-refractivity contribution in [1.82, 2.24) is 5.32 Å². The number of hydrogen-bond acceptors (Lipinski definition) is 4. The SMILES string of the molecule is C[C@@H]1CCCC[C@@H]1NC(=O)CSCc1cc2c(cc1Br)OCO2. The van der Waals surface area contributed by atoms with Crippen LogP contribution in [0.25, 0.3) is 0 Å². The molecule has 0 bridgehead atoms. The van der Waals surface area contributed by atoms with Gasteiger partial charge in [-0.3, -0.25) is 4.79 Å². The summed E-state index contributed by atoms with van der Waals surface area (Å²) in [4.78, 5) is 12.1. The van der Waals surface area contributed by atoms with Crippen molar-refractivity contribution in [1.29, 1.82) is 0 Å². The highest BCUT2D eigenvalue weighted by Gasteiger charge is 2.22. The quantitative estimate of drug-likeness (QED) is 0.808. The Bertz CT molecular complexity index is 581. The molecule has 1 heterocycles. The topological polar surface area (TPSA) is 47.6 Å². The first-order valence-electron chi connectivity index (χ1n) is 8.08. The first-order valence-corrected chi connectivity index (χ1v) is 10.0. The van der Waals surface area contributed by atoms with E-state index in [4.69, 9.17) is 9.47 Å². The van der Waals surface area contributed by atoms with Crippen LogP contribution in [0.5, 0.6) is 11.5 Å². The maximum atomic E-state index is 12.1. The molecule has 0 unspecified atom stereocenters. The van der Waals surface area contributed by atoms with E-state index in [1.165, 1.54) is 19.3 Å². The number of carbonyl (C=O) groups is 1. The van der Waals surface area contributed by atoms with Gasteiger partial charge >= 0.3 is 0 Å². The van der Waals surface area contributed by atoms with Crippen molar-refractivity contribution in [3.63, 3.8) is 0 Å². The summed E-state index contributed by atoms with van der Waals surface area (Å²) in [7, 11) is 0. The first-order chi connectivity index (χ1) is 11.1. The fourth-order valence-electron chi connectivity index (χ4n) is 3.10. The molecule has 1 aliphatic carbocycles. The van der Waals surface area contributed by atoms with E-state index in [2.05, 4.69) is 28.2 Å². The van der Waals surface area contributed by atoms with Gasteiger partial charge in [-0.2, -0.15) is 0 Å². The van der Waals surface area contributed by atoms with Crippen LogP contribution in [0, 0.1) is 5.92 Å². The predicted octanol–water partition coefficient (Wildman–Crippen LogP) is 4.11. The Morgan fingerprint density at radius 1 is 1.30 bits per heavy atom. The van der Waals surface area contributed by atoms with Gasteiger partial charge in [0.2, 0.25) is 12.7 Å². The minimum atomic E-state index is 0.144. The van der Waals surface area contributed by atoms with Crippen LogP contribution in [0.15, 0.2) is 16.6 Å². The average molecular weight is 400 g/mol. The van der Waals surface area contributed by atoms with E-state index in [-0.39, 0.29) is 12.7 Å². The van der Waals surface area contributed by atoms with Gasteiger partial charge in [0.1, 0.15) is 0 Å². The van der Waals surface area contributed by atoms with Crippen molar-refractivity contribution >= 4 is 33.6 Å². The lowest BCUT2D eigenvalue weighted by molar-refractivity contribution is -0.119. The molecule has 126 valence electrons. The molecule has 2 atom stereocenters. The molecule has 1 aliphatic heterocycles. The number of thioether (sulfide) groups is 1. The number of rotatable bonds is 5. The Labute approximate surface area is 149 Å². The van der Waals surface area contributed by atoms with E-state index in [0.717, 1.165) is 33.7 Å². The molecule has 1 aromatic rings. The van der Waals surface area contributed by atoms with Gasteiger partial charge in [0.25, 0.3) is 0 Å². The van der Waals surface area contributed by atoms with Crippen LogP contribution in [0.2, 0.25) is 0 Å². The third-order valence-corrected chi connectivity index (χ3v) is 6.21. The normalized spacial score (nSPS) is 22.9. The first kappa shape index (κ1) is 17.0. The number of ether oxygens (including phenoxy) is 2. The van der Waals surface area contributed by atoms with Gasteiger partial charge in [-0.15, -0.1) is 11.8 Å². The molecule has 1 aromatic carbocycles. The molecule has 23 heavy (non-hydrogen) atoms. The van der Waals surface area contributed by atoms with Gasteiger partial charge in [-0.1, -0.05) is 35.7 Å². The number of benzene rings is 1. The summed E-state index contributed by atoms with van der Waals surface area (Å²) in [6.45, 7) is 2.52. The highest BCUT2D eigenvalue weighted by molar-refractivity contribution is 9.10. The summed E-state index contributed by atoms with van der Waals surface area (Å²) in [6.07, 6.45) is 4.86. The Morgan fingerprint density at radius 2 is 2.04 bits per heavy atom. The zero-order valence-electron chi connectivity index (χ0n) is 13.3. The number of halogens is 1. The zero-order valence-corrected chi connectivity index (χ0v) is 15.7. The standard InChI is InChI=1S/C17H22BrNO3S/c1-11-4-2-3-5-14(11)19-17(20)9-23-8-12-6-15-16(7-13(12)18)22-10-21-15/h6-7,11,14H,2-5,8-10H2,1H3,(H,19,20)/t11-,14+/m1/s1. The van der Waals surface area contributed by atoms with Crippen LogP contribution in [0.3, 0.4) is 0 Å². The monoisotopic (exact) mass is 399 g/mol. The Hall–Kier alpha value is -0.880. The summed E-state index contributed by atoms with van der Waals surface area (Å²) < 4.78 is 11.7. The molecule has 4 nitrogen and oxygen atoms in total. The maximum Gasteiger partial charge on any atom is 0.231 e. The smallest absolute Gasteiger partial charge is 0.231 e. The summed E-state index contributed by atoms with van der Waals surface area (Å²) in [6, 6.07) is 4.27. The molecule has 6 heteroatoms. The van der Waals surface area contributed by atoms with E-state index in [1.807, 2.05) is 12.1 Å². The molecule has 1 saturated carbocycles. The second-order valence-electron chi connectivity index (χ2n) is 6.23. The summed E-state index contributed by atoms with van der Waals surface area (Å²) in [5.74, 6) is 3.56. The van der Waals surface area contributed by atoms with Crippen LogP contribution in [0.4, 0.5) is 0 Å². The molecule has 1 amide bonds. The zero-order chi connectivity index (χ0) is 16.2. The maximum absolute atomic E-state index is 12.1. The molecular weight excluding hydrogens is 378 g/mol. The van der Waals surface area contributed by atoms with Gasteiger partial charge in [0.15, 0.2) is 11.5 Å². The van der Waals surface area contributed by atoms with Gasteiger partial charge in [-0.05, 0) is 36.5 Å². The lowest BCUT2D eigenvalue weighted by Gasteiger charge is -2.29. The highest BCUT2D eigenvalue weighted by Crippen LogP contribution is 2.38.